The zero-order chi connectivity index (χ0) is 11.6. The van der Waals surface area contributed by atoms with Crippen LogP contribution in [-0.2, 0) is 9.84 Å². The molecule has 0 saturated heterocycles. The molecule has 1 aromatic rings. The number of methoxy groups -OCH3 is 1. The summed E-state index contributed by atoms with van der Waals surface area (Å²) >= 11 is 0. The van der Waals surface area contributed by atoms with E-state index in [-0.39, 0.29) is 10.9 Å². The van der Waals surface area contributed by atoms with Crippen LogP contribution in [0.5, 0.6) is 5.75 Å². The topological polar surface area (TPSA) is 69.4 Å². The van der Waals surface area contributed by atoms with Gasteiger partial charge in [-0.3, -0.25) is 0 Å². The summed E-state index contributed by atoms with van der Waals surface area (Å²) in [7, 11) is -1.78. The van der Waals surface area contributed by atoms with Crippen molar-refractivity contribution in [2.45, 2.75) is 17.9 Å². The second kappa shape index (κ2) is 4.20. The first-order valence-electron chi connectivity index (χ1n) is 4.50. The molecule has 1 unspecified atom stereocenters. The molecule has 0 aliphatic rings. The Balaban J connectivity index is 3.43. The second-order valence-corrected chi connectivity index (χ2v) is 5.45. The molecule has 0 aliphatic heterocycles. The van der Waals surface area contributed by atoms with Gasteiger partial charge in [-0.15, -0.1) is 0 Å². The van der Waals surface area contributed by atoms with Crippen LogP contribution in [0.2, 0.25) is 0 Å². The Labute approximate surface area is 90.0 Å². The van der Waals surface area contributed by atoms with E-state index in [0.29, 0.717) is 11.3 Å². The molecule has 0 fully saturated rings. The maximum Gasteiger partial charge on any atom is 0.175 e. The van der Waals surface area contributed by atoms with Crippen LogP contribution in [0.3, 0.4) is 0 Å². The zero-order valence-electron chi connectivity index (χ0n) is 9.02. The summed E-state index contributed by atoms with van der Waals surface area (Å²) in [4.78, 5) is 0.233. The third kappa shape index (κ3) is 2.70. The Morgan fingerprint density at radius 2 is 2.00 bits per heavy atom. The fourth-order valence-corrected chi connectivity index (χ4v) is 2.35. The van der Waals surface area contributed by atoms with Gasteiger partial charge in [0.15, 0.2) is 9.84 Å². The summed E-state index contributed by atoms with van der Waals surface area (Å²) in [6, 6.07) is 4.56. The number of benzene rings is 1. The standard InChI is InChI=1S/C10H15NO3S/c1-7(11)9-5-4-8(14-2)6-10(9)15(3,12)13/h4-7H,11H2,1-3H3. The molecule has 4 nitrogen and oxygen atoms in total. The molecule has 5 heteroatoms. The molecule has 15 heavy (non-hydrogen) atoms. The van der Waals surface area contributed by atoms with Crippen molar-refractivity contribution in [3.63, 3.8) is 0 Å². The summed E-state index contributed by atoms with van der Waals surface area (Å²) in [5.41, 5.74) is 6.31. The van der Waals surface area contributed by atoms with Crippen LogP contribution in [0.1, 0.15) is 18.5 Å². The van der Waals surface area contributed by atoms with E-state index in [9.17, 15) is 8.42 Å². The predicted octanol–water partition coefficient (Wildman–Crippen LogP) is 1.12. The SMILES string of the molecule is COc1ccc(C(C)N)c(S(C)(=O)=O)c1. The van der Waals surface area contributed by atoms with Crippen LogP contribution in [-0.4, -0.2) is 21.8 Å². The lowest BCUT2D eigenvalue weighted by atomic mass is 10.1. The molecule has 0 radical (unpaired) electrons. The van der Waals surface area contributed by atoms with Gasteiger partial charge >= 0.3 is 0 Å². The first kappa shape index (κ1) is 12.0. The summed E-state index contributed by atoms with van der Waals surface area (Å²) in [6.45, 7) is 1.75. The fourth-order valence-electron chi connectivity index (χ4n) is 1.34. The van der Waals surface area contributed by atoms with Gasteiger partial charge in [0.2, 0.25) is 0 Å². The summed E-state index contributed by atoms with van der Waals surface area (Å²) < 4.78 is 28.0. The predicted molar refractivity (Wildman–Crippen MR) is 58.7 cm³/mol. The van der Waals surface area contributed by atoms with Crippen molar-refractivity contribution in [1.29, 1.82) is 0 Å². The van der Waals surface area contributed by atoms with Crippen molar-refractivity contribution >= 4 is 9.84 Å². The number of hydrogen-bond acceptors (Lipinski definition) is 4. The van der Waals surface area contributed by atoms with Crippen molar-refractivity contribution in [1.82, 2.24) is 0 Å². The zero-order valence-corrected chi connectivity index (χ0v) is 9.84. The Morgan fingerprint density at radius 3 is 2.40 bits per heavy atom. The van der Waals surface area contributed by atoms with Crippen molar-refractivity contribution in [3.05, 3.63) is 23.8 Å². The van der Waals surface area contributed by atoms with Crippen molar-refractivity contribution in [2.24, 2.45) is 5.73 Å². The van der Waals surface area contributed by atoms with Gasteiger partial charge in [0.1, 0.15) is 5.75 Å². The normalized spacial score (nSPS) is 13.6. The van der Waals surface area contributed by atoms with Crippen molar-refractivity contribution in [2.75, 3.05) is 13.4 Å². The lowest BCUT2D eigenvalue weighted by Gasteiger charge is -2.12. The maximum atomic E-state index is 11.5. The Kier molecular flexibility index (Phi) is 3.36. The number of hydrogen-bond donors (Lipinski definition) is 1. The van der Waals surface area contributed by atoms with Gasteiger partial charge in [-0.2, -0.15) is 0 Å². The highest BCUT2D eigenvalue weighted by Gasteiger charge is 2.16. The highest BCUT2D eigenvalue weighted by atomic mass is 32.2. The molecule has 0 aromatic heterocycles. The third-order valence-corrected chi connectivity index (χ3v) is 3.26. The molecule has 1 rings (SSSR count). The highest BCUT2D eigenvalue weighted by molar-refractivity contribution is 7.90. The average Bonchev–Trinajstić information content (AvgIpc) is 2.15. The minimum absolute atomic E-state index is 0.233. The molecule has 1 atom stereocenters. The Hall–Kier alpha value is -1.07. The van der Waals surface area contributed by atoms with E-state index >= 15 is 0 Å². The molecular formula is C10H15NO3S. The minimum atomic E-state index is -3.27. The minimum Gasteiger partial charge on any atom is -0.497 e. The van der Waals surface area contributed by atoms with Crippen molar-refractivity contribution < 1.29 is 13.2 Å². The largest absolute Gasteiger partial charge is 0.497 e. The van der Waals surface area contributed by atoms with Gasteiger partial charge in [-0.05, 0) is 24.6 Å². The number of ether oxygens (including phenoxy) is 1. The number of rotatable bonds is 3. The van der Waals surface area contributed by atoms with Crippen LogP contribution in [0.4, 0.5) is 0 Å². The van der Waals surface area contributed by atoms with E-state index in [1.807, 2.05) is 0 Å². The van der Waals surface area contributed by atoms with Gasteiger partial charge in [0.25, 0.3) is 0 Å². The lowest BCUT2D eigenvalue weighted by Crippen LogP contribution is -2.11. The van der Waals surface area contributed by atoms with E-state index in [2.05, 4.69) is 0 Å². The first-order chi connectivity index (χ1) is 6.86. The van der Waals surface area contributed by atoms with Crippen LogP contribution in [0, 0.1) is 0 Å². The molecular weight excluding hydrogens is 214 g/mol. The molecule has 84 valence electrons. The van der Waals surface area contributed by atoms with E-state index in [1.54, 1.807) is 19.1 Å². The molecule has 0 heterocycles. The Bertz CT molecular complexity index is 452. The fraction of sp³-hybridized carbons (Fsp3) is 0.400. The number of nitrogens with two attached hydrogens (primary N) is 1. The van der Waals surface area contributed by atoms with E-state index in [0.717, 1.165) is 6.26 Å². The molecule has 2 N–H and O–H groups in total. The van der Waals surface area contributed by atoms with Gasteiger partial charge in [0, 0.05) is 12.3 Å². The summed E-state index contributed by atoms with van der Waals surface area (Å²) in [5, 5.41) is 0. The van der Waals surface area contributed by atoms with Gasteiger partial charge in [-0.25, -0.2) is 8.42 Å². The smallest absolute Gasteiger partial charge is 0.175 e. The monoisotopic (exact) mass is 229 g/mol. The van der Waals surface area contributed by atoms with Crippen molar-refractivity contribution in [3.8, 4) is 5.75 Å². The van der Waals surface area contributed by atoms with Crippen LogP contribution < -0.4 is 10.5 Å². The molecule has 0 saturated carbocycles. The molecule has 1 aromatic carbocycles. The van der Waals surface area contributed by atoms with Crippen LogP contribution >= 0.6 is 0 Å². The molecule has 0 aliphatic carbocycles. The molecule has 0 spiro atoms. The maximum absolute atomic E-state index is 11.5. The van der Waals surface area contributed by atoms with Gasteiger partial charge in [0.05, 0.1) is 12.0 Å². The van der Waals surface area contributed by atoms with E-state index < -0.39 is 9.84 Å². The quantitative estimate of drug-likeness (QED) is 0.843. The molecule has 0 bridgehead atoms. The van der Waals surface area contributed by atoms with E-state index in [4.69, 9.17) is 10.5 Å². The van der Waals surface area contributed by atoms with Crippen LogP contribution in [0.15, 0.2) is 23.1 Å². The molecule has 0 amide bonds. The van der Waals surface area contributed by atoms with Gasteiger partial charge in [-0.1, -0.05) is 6.07 Å². The highest BCUT2D eigenvalue weighted by Crippen LogP contribution is 2.25. The Morgan fingerprint density at radius 1 is 1.40 bits per heavy atom. The average molecular weight is 229 g/mol. The summed E-state index contributed by atoms with van der Waals surface area (Å²) in [5.74, 6) is 0.514. The third-order valence-electron chi connectivity index (χ3n) is 2.11. The van der Waals surface area contributed by atoms with E-state index in [1.165, 1.54) is 13.2 Å². The van der Waals surface area contributed by atoms with Gasteiger partial charge < -0.3 is 10.5 Å². The van der Waals surface area contributed by atoms with Crippen LogP contribution in [0.25, 0.3) is 0 Å². The summed E-state index contributed by atoms with van der Waals surface area (Å²) in [6.07, 6.45) is 1.16. The number of sulfone groups is 1. The lowest BCUT2D eigenvalue weighted by molar-refractivity contribution is 0.413. The second-order valence-electron chi connectivity index (χ2n) is 3.46. The first-order valence-corrected chi connectivity index (χ1v) is 6.39.